The van der Waals surface area contributed by atoms with Crippen LogP contribution >= 0.6 is 23.2 Å². The van der Waals surface area contributed by atoms with E-state index in [9.17, 15) is 4.79 Å². The molecule has 0 radical (unpaired) electrons. The van der Waals surface area contributed by atoms with Gasteiger partial charge in [0, 0.05) is 29.7 Å². The highest BCUT2D eigenvalue weighted by Gasteiger charge is 2.19. The summed E-state index contributed by atoms with van der Waals surface area (Å²) in [6.07, 6.45) is 0. The Bertz CT molecular complexity index is 1060. The molecule has 170 valence electrons. The quantitative estimate of drug-likeness (QED) is 0.336. The van der Waals surface area contributed by atoms with Crippen LogP contribution in [-0.2, 0) is 11.3 Å². The molecule has 0 amide bonds. The van der Waals surface area contributed by atoms with Gasteiger partial charge in [0.25, 0.3) is 0 Å². The van der Waals surface area contributed by atoms with Gasteiger partial charge in [-0.1, -0.05) is 53.5 Å². The zero-order chi connectivity index (χ0) is 23.3. The first kappa shape index (κ1) is 24.3. The van der Waals surface area contributed by atoms with Gasteiger partial charge in [-0.2, -0.15) is 0 Å². The molecule has 32 heavy (non-hydrogen) atoms. The number of carbonyl (C=O) groups is 1. The Labute approximate surface area is 199 Å². The highest BCUT2D eigenvalue weighted by Crippen LogP contribution is 2.35. The number of ether oxygens (including phenoxy) is 2. The van der Waals surface area contributed by atoms with Crippen molar-refractivity contribution in [2.24, 2.45) is 0 Å². The first-order valence-electron chi connectivity index (χ1n) is 10.7. The normalized spacial score (nSPS) is 11.5. The van der Waals surface area contributed by atoms with Gasteiger partial charge in [-0.3, -0.25) is 4.90 Å². The van der Waals surface area contributed by atoms with Crippen LogP contribution in [0.4, 0.5) is 0 Å². The Kier molecular flexibility index (Phi) is 8.35. The second-order valence-corrected chi connectivity index (χ2v) is 8.97. The van der Waals surface area contributed by atoms with E-state index in [1.54, 1.807) is 18.2 Å². The number of rotatable bonds is 9. The molecule has 3 rings (SSSR count). The molecular formula is C25H28Cl2N2O3. The number of esters is 1. The van der Waals surface area contributed by atoms with Crippen LogP contribution in [0.25, 0.3) is 10.9 Å². The van der Waals surface area contributed by atoms with Crippen molar-refractivity contribution in [2.75, 3.05) is 13.2 Å². The van der Waals surface area contributed by atoms with Gasteiger partial charge in [0.2, 0.25) is 0 Å². The third kappa shape index (κ3) is 6.12. The fraction of sp³-hybridized carbons (Fsp3) is 0.360. The topological polar surface area (TPSA) is 51.7 Å². The Balaban J connectivity index is 1.84. The van der Waals surface area contributed by atoms with Crippen molar-refractivity contribution >= 4 is 40.1 Å². The fourth-order valence-corrected chi connectivity index (χ4v) is 4.21. The number of fused-ring (bicyclic) bond motifs is 1. The summed E-state index contributed by atoms with van der Waals surface area (Å²) in [6.45, 7) is 9.72. The summed E-state index contributed by atoms with van der Waals surface area (Å²) in [7, 11) is 0. The Morgan fingerprint density at radius 3 is 2.38 bits per heavy atom. The monoisotopic (exact) mass is 474 g/mol. The Morgan fingerprint density at radius 2 is 1.72 bits per heavy atom. The van der Waals surface area contributed by atoms with E-state index in [1.165, 1.54) is 0 Å². The number of nitrogens with zero attached hydrogens (tertiary/aromatic N) is 2. The van der Waals surface area contributed by atoms with E-state index < -0.39 is 5.97 Å². The largest absolute Gasteiger partial charge is 0.488 e. The van der Waals surface area contributed by atoms with Crippen LogP contribution in [0.2, 0.25) is 10.0 Å². The number of pyridine rings is 1. The summed E-state index contributed by atoms with van der Waals surface area (Å²) in [5, 5.41) is 1.45. The van der Waals surface area contributed by atoms with E-state index in [1.807, 2.05) is 30.3 Å². The molecule has 0 aliphatic rings. The zero-order valence-electron chi connectivity index (χ0n) is 18.8. The molecule has 2 aromatic carbocycles. The standard InChI is InChI=1S/C25H28Cl2N2O3/c1-16(2)29(17(3)4)10-11-31-25(30)22-14-23(32-15-18-8-6-5-7-9-18)24-20(27)12-19(26)13-21(24)28-22/h5-9,12-14,16-17H,10-11,15H2,1-4H3. The van der Waals surface area contributed by atoms with Crippen LogP contribution in [0.1, 0.15) is 43.7 Å². The van der Waals surface area contributed by atoms with Crippen molar-refractivity contribution in [1.82, 2.24) is 9.88 Å². The van der Waals surface area contributed by atoms with Gasteiger partial charge >= 0.3 is 5.97 Å². The van der Waals surface area contributed by atoms with E-state index in [0.717, 1.165) is 5.56 Å². The average molecular weight is 475 g/mol. The summed E-state index contributed by atoms with van der Waals surface area (Å²) < 4.78 is 11.6. The third-order valence-electron chi connectivity index (χ3n) is 5.14. The Hall–Kier alpha value is -2.34. The molecule has 1 heterocycles. The number of benzene rings is 2. The SMILES string of the molecule is CC(C)N(CCOC(=O)c1cc(OCc2ccccc2)c2c(Cl)cc(Cl)cc2n1)C(C)C. The molecule has 0 fully saturated rings. The second kappa shape index (κ2) is 11.0. The molecule has 0 bridgehead atoms. The maximum absolute atomic E-state index is 12.8. The molecule has 0 N–H and O–H groups in total. The predicted molar refractivity (Wildman–Crippen MR) is 130 cm³/mol. The van der Waals surface area contributed by atoms with Gasteiger partial charge in [-0.15, -0.1) is 0 Å². The van der Waals surface area contributed by atoms with Gasteiger partial charge in [0.1, 0.15) is 19.0 Å². The van der Waals surface area contributed by atoms with Crippen LogP contribution < -0.4 is 4.74 Å². The number of hydrogen-bond donors (Lipinski definition) is 0. The maximum atomic E-state index is 12.8. The fourth-order valence-electron chi connectivity index (χ4n) is 3.63. The first-order chi connectivity index (χ1) is 15.3. The predicted octanol–water partition coefficient (Wildman–Crippen LogP) is 6.40. The minimum Gasteiger partial charge on any atom is -0.488 e. The average Bonchev–Trinajstić information content (AvgIpc) is 2.74. The summed E-state index contributed by atoms with van der Waals surface area (Å²) in [6, 6.07) is 15.3. The van der Waals surface area contributed by atoms with Crippen molar-refractivity contribution < 1.29 is 14.3 Å². The smallest absolute Gasteiger partial charge is 0.357 e. The van der Waals surface area contributed by atoms with E-state index in [2.05, 4.69) is 37.6 Å². The van der Waals surface area contributed by atoms with Gasteiger partial charge in [0.15, 0.2) is 5.69 Å². The molecule has 0 saturated carbocycles. The highest BCUT2D eigenvalue weighted by molar-refractivity contribution is 6.39. The number of hydrogen-bond acceptors (Lipinski definition) is 5. The summed E-state index contributed by atoms with van der Waals surface area (Å²) in [5.74, 6) is -0.0570. The lowest BCUT2D eigenvalue weighted by Gasteiger charge is -2.30. The molecule has 0 aliphatic heterocycles. The summed E-state index contributed by atoms with van der Waals surface area (Å²) >= 11 is 12.6. The summed E-state index contributed by atoms with van der Waals surface area (Å²) in [5.41, 5.74) is 1.62. The lowest BCUT2D eigenvalue weighted by Crippen LogP contribution is -2.39. The minimum atomic E-state index is -0.514. The van der Waals surface area contributed by atoms with Crippen LogP contribution in [-0.4, -0.2) is 41.1 Å². The molecule has 0 atom stereocenters. The molecular weight excluding hydrogens is 447 g/mol. The highest BCUT2D eigenvalue weighted by atomic mass is 35.5. The van der Waals surface area contributed by atoms with Crippen molar-refractivity contribution in [2.45, 2.75) is 46.4 Å². The molecule has 0 spiro atoms. The molecule has 0 unspecified atom stereocenters. The van der Waals surface area contributed by atoms with E-state index >= 15 is 0 Å². The van der Waals surface area contributed by atoms with Crippen LogP contribution in [0.5, 0.6) is 5.75 Å². The molecule has 1 aromatic heterocycles. The van der Waals surface area contributed by atoms with Gasteiger partial charge < -0.3 is 9.47 Å². The first-order valence-corrected chi connectivity index (χ1v) is 11.4. The third-order valence-corrected chi connectivity index (χ3v) is 5.66. The molecule has 0 aliphatic carbocycles. The van der Waals surface area contributed by atoms with Crippen LogP contribution in [0.15, 0.2) is 48.5 Å². The maximum Gasteiger partial charge on any atom is 0.357 e. The van der Waals surface area contributed by atoms with Gasteiger partial charge in [-0.05, 0) is 45.4 Å². The van der Waals surface area contributed by atoms with Gasteiger partial charge in [0.05, 0.1) is 15.9 Å². The van der Waals surface area contributed by atoms with Crippen LogP contribution in [0, 0.1) is 0 Å². The van der Waals surface area contributed by atoms with Crippen molar-refractivity contribution in [3.8, 4) is 5.75 Å². The van der Waals surface area contributed by atoms with E-state index in [0.29, 0.717) is 51.9 Å². The molecule has 3 aromatic rings. The van der Waals surface area contributed by atoms with Crippen LogP contribution in [0.3, 0.4) is 0 Å². The molecule has 7 heteroatoms. The lowest BCUT2D eigenvalue weighted by molar-refractivity contribution is 0.0410. The minimum absolute atomic E-state index is 0.152. The van der Waals surface area contributed by atoms with Crippen molar-refractivity contribution in [1.29, 1.82) is 0 Å². The second-order valence-electron chi connectivity index (χ2n) is 8.12. The summed E-state index contributed by atoms with van der Waals surface area (Å²) in [4.78, 5) is 19.5. The number of aromatic nitrogens is 1. The molecule has 5 nitrogen and oxygen atoms in total. The molecule has 0 saturated heterocycles. The Morgan fingerprint density at radius 1 is 1.03 bits per heavy atom. The number of carbonyl (C=O) groups excluding carboxylic acids is 1. The number of halogens is 2. The van der Waals surface area contributed by atoms with Crippen molar-refractivity contribution in [3.63, 3.8) is 0 Å². The van der Waals surface area contributed by atoms with E-state index in [-0.39, 0.29) is 12.3 Å². The van der Waals surface area contributed by atoms with E-state index in [4.69, 9.17) is 32.7 Å². The zero-order valence-corrected chi connectivity index (χ0v) is 20.3. The van der Waals surface area contributed by atoms with Crippen molar-refractivity contribution in [3.05, 3.63) is 69.8 Å². The van der Waals surface area contributed by atoms with Gasteiger partial charge in [-0.25, -0.2) is 9.78 Å². The lowest BCUT2D eigenvalue weighted by atomic mass is 10.1.